The summed E-state index contributed by atoms with van der Waals surface area (Å²) in [6.45, 7) is 1.92. The van der Waals surface area contributed by atoms with Crippen LogP contribution in [0.15, 0.2) is 81.8 Å². The Morgan fingerprint density at radius 1 is 1.06 bits per heavy atom. The molecular weight excluding hydrogens is 479 g/mol. The zero-order chi connectivity index (χ0) is 23.4. The second-order valence-corrected chi connectivity index (χ2v) is 8.81. The SMILES string of the molecule is Cc1ccccc1-n1c(SCC(=O)N/N=C/c2c(Cl)cccc2Cl)nc2ccccc2c1=O. The summed E-state index contributed by atoms with van der Waals surface area (Å²) in [5.41, 5.74) is 4.99. The van der Waals surface area contributed by atoms with Gasteiger partial charge in [-0.1, -0.05) is 71.4 Å². The summed E-state index contributed by atoms with van der Waals surface area (Å²) >= 11 is 13.4. The monoisotopic (exact) mass is 496 g/mol. The number of nitrogens with one attached hydrogen (secondary N) is 1. The minimum Gasteiger partial charge on any atom is -0.272 e. The van der Waals surface area contributed by atoms with E-state index in [1.54, 1.807) is 41.0 Å². The third kappa shape index (κ3) is 5.11. The molecule has 0 saturated heterocycles. The number of benzene rings is 3. The summed E-state index contributed by atoms with van der Waals surface area (Å²) in [6.07, 6.45) is 1.39. The fourth-order valence-electron chi connectivity index (χ4n) is 3.20. The predicted octanol–water partition coefficient (Wildman–Crippen LogP) is 5.24. The number of para-hydroxylation sites is 2. The summed E-state index contributed by atoms with van der Waals surface area (Å²) in [5.74, 6) is -0.359. The Morgan fingerprint density at radius 3 is 2.52 bits per heavy atom. The molecule has 0 spiro atoms. The molecule has 3 aromatic carbocycles. The number of nitrogens with zero attached hydrogens (tertiary/aromatic N) is 3. The second-order valence-electron chi connectivity index (χ2n) is 7.06. The first-order valence-corrected chi connectivity index (χ1v) is 11.7. The second kappa shape index (κ2) is 10.2. The van der Waals surface area contributed by atoms with E-state index in [0.29, 0.717) is 31.7 Å². The molecule has 0 aliphatic rings. The molecule has 1 N–H and O–H groups in total. The van der Waals surface area contributed by atoms with Gasteiger partial charge in [-0.15, -0.1) is 0 Å². The zero-order valence-electron chi connectivity index (χ0n) is 17.5. The van der Waals surface area contributed by atoms with Crippen molar-refractivity contribution in [3.8, 4) is 5.69 Å². The molecule has 0 saturated carbocycles. The van der Waals surface area contributed by atoms with Crippen molar-refractivity contribution in [1.29, 1.82) is 0 Å². The average Bonchev–Trinajstić information content (AvgIpc) is 2.80. The predicted molar refractivity (Wildman–Crippen MR) is 135 cm³/mol. The first-order chi connectivity index (χ1) is 16.0. The van der Waals surface area contributed by atoms with Gasteiger partial charge < -0.3 is 0 Å². The smallest absolute Gasteiger partial charge is 0.266 e. The highest BCUT2D eigenvalue weighted by Crippen LogP contribution is 2.24. The maximum atomic E-state index is 13.3. The highest BCUT2D eigenvalue weighted by molar-refractivity contribution is 7.99. The van der Waals surface area contributed by atoms with Gasteiger partial charge in [0.2, 0.25) is 0 Å². The average molecular weight is 497 g/mol. The lowest BCUT2D eigenvalue weighted by molar-refractivity contribution is -0.118. The van der Waals surface area contributed by atoms with Crippen LogP contribution in [0, 0.1) is 6.92 Å². The van der Waals surface area contributed by atoms with Gasteiger partial charge in [-0.2, -0.15) is 5.10 Å². The van der Waals surface area contributed by atoms with Crippen molar-refractivity contribution in [1.82, 2.24) is 15.0 Å². The third-order valence-electron chi connectivity index (χ3n) is 4.82. The van der Waals surface area contributed by atoms with Crippen LogP contribution in [0.25, 0.3) is 16.6 Å². The lowest BCUT2D eigenvalue weighted by Crippen LogP contribution is -2.24. The summed E-state index contributed by atoms with van der Waals surface area (Å²) in [5, 5.41) is 5.73. The number of amides is 1. The molecule has 0 atom stereocenters. The van der Waals surface area contributed by atoms with Crippen LogP contribution in [0.3, 0.4) is 0 Å². The Hall–Kier alpha value is -3.13. The van der Waals surface area contributed by atoms with Crippen molar-refractivity contribution in [3.63, 3.8) is 0 Å². The van der Waals surface area contributed by atoms with E-state index in [1.807, 2.05) is 37.3 Å². The molecule has 0 aliphatic carbocycles. The van der Waals surface area contributed by atoms with Gasteiger partial charge in [0.25, 0.3) is 11.5 Å². The van der Waals surface area contributed by atoms with Crippen molar-refractivity contribution in [2.75, 3.05) is 5.75 Å². The molecule has 6 nitrogen and oxygen atoms in total. The van der Waals surface area contributed by atoms with Crippen molar-refractivity contribution < 1.29 is 4.79 Å². The van der Waals surface area contributed by atoms with Gasteiger partial charge in [0, 0.05) is 5.56 Å². The largest absolute Gasteiger partial charge is 0.272 e. The summed E-state index contributed by atoms with van der Waals surface area (Å²) in [7, 11) is 0. The zero-order valence-corrected chi connectivity index (χ0v) is 19.8. The minimum atomic E-state index is -0.363. The Balaban J connectivity index is 1.59. The van der Waals surface area contributed by atoms with Crippen LogP contribution in [0.4, 0.5) is 0 Å². The van der Waals surface area contributed by atoms with E-state index in [-0.39, 0.29) is 17.2 Å². The first-order valence-electron chi connectivity index (χ1n) is 9.92. The molecule has 4 rings (SSSR count). The summed E-state index contributed by atoms with van der Waals surface area (Å²) < 4.78 is 1.54. The van der Waals surface area contributed by atoms with Gasteiger partial charge >= 0.3 is 0 Å². The maximum absolute atomic E-state index is 13.3. The van der Waals surface area contributed by atoms with Crippen molar-refractivity contribution >= 4 is 58.0 Å². The lowest BCUT2D eigenvalue weighted by atomic mass is 10.2. The van der Waals surface area contributed by atoms with E-state index < -0.39 is 0 Å². The molecule has 0 unspecified atom stereocenters. The molecule has 1 amide bonds. The van der Waals surface area contributed by atoms with E-state index in [0.717, 1.165) is 23.0 Å². The number of hydrazone groups is 1. The minimum absolute atomic E-state index is 0.00422. The first kappa shape index (κ1) is 23.0. The molecule has 33 heavy (non-hydrogen) atoms. The fourth-order valence-corrected chi connectivity index (χ4v) is 4.49. The molecule has 0 radical (unpaired) electrons. The van der Waals surface area contributed by atoms with E-state index >= 15 is 0 Å². The quantitative estimate of drug-likeness (QED) is 0.171. The molecular formula is C24H18Cl2N4O2S. The normalized spacial score (nSPS) is 11.2. The number of hydrogen-bond donors (Lipinski definition) is 1. The number of rotatable bonds is 6. The standard InChI is InChI=1S/C24H18Cl2N4O2S/c1-15-7-2-5-12-21(15)30-23(32)16-8-3-4-11-20(16)28-24(30)33-14-22(31)29-27-13-17-18(25)9-6-10-19(17)26/h2-13H,14H2,1H3,(H,29,31)/b27-13+. The van der Waals surface area contributed by atoms with Gasteiger partial charge in [0.1, 0.15) is 0 Å². The van der Waals surface area contributed by atoms with E-state index in [1.165, 1.54) is 6.21 Å². The Bertz CT molecular complexity index is 1420. The van der Waals surface area contributed by atoms with Gasteiger partial charge in [0.15, 0.2) is 5.16 Å². The Labute approximate surface area is 204 Å². The van der Waals surface area contributed by atoms with E-state index in [2.05, 4.69) is 15.5 Å². The molecule has 9 heteroatoms. The van der Waals surface area contributed by atoms with Crippen LogP contribution in [0.1, 0.15) is 11.1 Å². The number of hydrogen-bond acceptors (Lipinski definition) is 5. The van der Waals surface area contributed by atoms with Crippen molar-refractivity contribution in [2.45, 2.75) is 12.1 Å². The number of carbonyl (C=O) groups is 1. The molecule has 0 bridgehead atoms. The lowest BCUT2D eigenvalue weighted by Gasteiger charge is -2.14. The fraction of sp³-hybridized carbons (Fsp3) is 0.0833. The van der Waals surface area contributed by atoms with Crippen LogP contribution in [-0.4, -0.2) is 27.4 Å². The van der Waals surface area contributed by atoms with Gasteiger partial charge in [-0.05, 0) is 42.8 Å². The molecule has 1 heterocycles. The van der Waals surface area contributed by atoms with Crippen LogP contribution in [0.2, 0.25) is 10.0 Å². The topological polar surface area (TPSA) is 76.3 Å². The number of carbonyl (C=O) groups excluding carboxylic acids is 1. The van der Waals surface area contributed by atoms with Gasteiger partial charge in [0.05, 0.1) is 38.6 Å². The highest BCUT2D eigenvalue weighted by Gasteiger charge is 2.15. The number of aryl methyl sites for hydroxylation is 1. The molecule has 0 fully saturated rings. The summed E-state index contributed by atoms with van der Waals surface area (Å²) in [6, 6.07) is 19.8. The van der Waals surface area contributed by atoms with Crippen LogP contribution in [0.5, 0.6) is 0 Å². The van der Waals surface area contributed by atoms with E-state index in [4.69, 9.17) is 23.2 Å². The van der Waals surface area contributed by atoms with Gasteiger partial charge in [-0.25, -0.2) is 10.4 Å². The van der Waals surface area contributed by atoms with Crippen LogP contribution < -0.4 is 11.0 Å². The molecule has 1 aromatic heterocycles. The third-order valence-corrected chi connectivity index (χ3v) is 6.41. The Morgan fingerprint density at radius 2 is 1.76 bits per heavy atom. The number of aromatic nitrogens is 2. The van der Waals surface area contributed by atoms with Crippen LogP contribution >= 0.6 is 35.0 Å². The van der Waals surface area contributed by atoms with Crippen molar-refractivity contribution in [3.05, 3.63) is 98.3 Å². The highest BCUT2D eigenvalue weighted by atomic mass is 35.5. The van der Waals surface area contributed by atoms with Gasteiger partial charge in [-0.3, -0.25) is 14.2 Å². The van der Waals surface area contributed by atoms with Crippen molar-refractivity contribution in [2.24, 2.45) is 5.10 Å². The number of halogens is 2. The summed E-state index contributed by atoms with van der Waals surface area (Å²) in [4.78, 5) is 30.4. The number of thioether (sulfide) groups is 1. The Kier molecular flexibility index (Phi) is 7.13. The molecule has 4 aromatic rings. The van der Waals surface area contributed by atoms with Crippen LogP contribution in [-0.2, 0) is 4.79 Å². The number of fused-ring (bicyclic) bond motifs is 1. The molecule has 166 valence electrons. The van der Waals surface area contributed by atoms with E-state index in [9.17, 15) is 9.59 Å². The maximum Gasteiger partial charge on any atom is 0.266 e. The molecule has 0 aliphatic heterocycles.